The molecule has 120 valence electrons. The Balaban J connectivity index is 1.76. The predicted molar refractivity (Wildman–Crippen MR) is 93.5 cm³/mol. The molecule has 0 radical (unpaired) electrons. The van der Waals surface area contributed by atoms with Crippen LogP contribution in [0.2, 0.25) is 0 Å². The Bertz CT molecular complexity index is 547. The minimum Gasteiger partial charge on any atom is -0.385 e. The largest absolute Gasteiger partial charge is 0.385 e. The summed E-state index contributed by atoms with van der Waals surface area (Å²) in [5.74, 6) is 1.57. The van der Waals surface area contributed by atoms with Gasteiger partial charge in [-0.1, -0.05) is 38.8 Å². The molecule has 2 heteroatoms. The van der Waals surface area contributed by atoms with E-state index in [4.69, 9.17) is 0 Å². The van der Waals surface area contributed by atoms with Crippen LogP contribution in [0.5, 0.6) is 0 Å². The average Bonchev–Trinajstić information content (AvgIpc) is 2.53. The first-order valence-electron chi connectivity index (χ1n) is 9.30. The van der Waals surface area contributed by atoms with Gasteiger partial charge >= 0.3 is 0 Å². The Kier molecular flexibility index (Phi) is 3.68. The quantitative estimate of drug-likeness (QED) is 0.878. The molecule has 3 atom stereocenters. The maximum atomic E-state index is 3.85. The van der Waals surface area contributed by atoms with Crippen molar-refractivity contribution in [2.45, 2.75) is 63.8 Å². The van der Waals surface area contributed by atoms with Gasteiger partial charge in [0.2, 0.25) is 0 Å². The molecular formula is C20H30N2. The molecule has 1 saturated heterocycles. The van der Waals surface area contributed by atoms with Crippen LogP contribution in [0.15, 0.2) is 18.2 Å². The van der Waals surface area contributed by atoms with Gasteiger partial charge in [0, 0.05) is 23.7 Å². The predicted octanol–water partition coefficient (Wildman–Crippen LogP) is 4.10. The Morgan fingerprint density at radius 2 is 2.18 bits per heavy atom. The summed E-state index contributed by atoms with van der Waals surface area (Å²) < 4.78 is 0. The van der Waals surface area contributed by atoms with Gasteiger partial charge in [-0.05, 0) is 61.3 Å². The van der Waals surface area contributed by atoms with E-state index in [9.17, 15) is 0 Å². The van der Waals surface area contributed by atoms with Crippen molar-refractivity contribution in [3.05, 3.63) is 29.3 Å². The molecule has 3 aliphatic rings. The van der Waals surface area contributed by atoms with Crippen LogP contribution in [0.1, 0.15) is 57.1 Å². The van der Waals surface area contributed by atoms with Crippen molar-refractivity contribution >= 4 is 5.69 Å². The number of nitrogens with one attached hydrogen (secondary N) is 2. The molecular weight excluding hydrogens is 268 g/mol. The van der Waals surface area contributed by atoms with E-state index in [-0.39, 0.29) is 0 Å². The second-order valence-corrected chi connectivity index (χ2v) is 8.13. The summed E-state index contributed by atoms with van der Waals surface area (Å²) in [6.07, 6.45) is 8.27. The van der Waals surface area contributed by atoms with Gasteiger partial charge < -0.3 is 10.6 Å². The van der Waals surface area contributed by atoms with E-state index in [0.29, 0.717) is 17.4 Å². The van der Waals surface area contributed by atoms with Crippen LogP contribution < -0.4 is 10.6 Å². The van der Waals surface area contributed by atoms with Crippen molar-refractivity contribution in [1.29, 1.82) is 0 Å². The third kappa shape index (κ3) is 2.19. The first-order chi connectivity index (χ1) is 10.7. The van der Waals surface area contributed by atoms with Gasteiger partial charge in [-0.3, -0.25) is 0 Å². The molecule has 0 unspecified atom stereocenters. The third-order valence-corrected chi connectivity index (χ3v) is 6.40. The summed E-state index contributed by atoms with van der Waals surface area (Å²) in [4.78, 5) is 0. The van der Waals surface area contributed by atoms with Crippen LogP contribution in [-0.4, -0.2) is 19.1 Å². The molecule has 2 N–H and O–H groups in total. The molecule has 0 amide bonds. The second-order valence-electron chi connectivity index (χ2n) is 8.13. The first kappa shape index (κ1) is 14.6. The van der Waals surface area contributed by atoms with Crippen molar-refractivity contribution in [1.82, 2.24) is 5.32 Å². The number of piperidine rings is 1. The molecule has 1 heterocycles. The van der Waals surface area contributed by atoms with Gasteiger partial charge in [-0.25, -0.2) is 0 Å². The van der Waals surface area contributed by atoms with Crippen LogP contribution in [0.3, 0.4) is 0 Å². The Morgan fingerprint density at radius 3 is 3.05 bits per heavy atom. The SMILES string of the molecule is CC(C)CNc1cccc2c1C[C@H]1NCC[C@@]23CCCC[C@@H]13. The summed E-state index contributed by atoms with van der Waals surface area (Å²) in [6.45, 7) is 6.86. The van der Waals surface area contributed by atoms with Crippen LogP contribution in [0.25, 0.3) is 0 Å². The van der Waals surface area contributed by atoms with Crippen molar-refractivity contribution in [2.75, 3.05) is 18.4 Å². The second kappa shape index (κ2) is 5.56. The highest BCUT2D eigenvalue weighted by Crippen LogP contribution is 2.54. The van der Waals surface area contributed by atoms with E-state index in [2.05, 4.69) is 42.7 Å². The maximum absolute atomic E-state index is 3.85. The summed E-state index contributed by atoms with van der Waals surface area (Å²) in [6, 6.07) is 7.76. The van der Waals surface area contributed by atoms with Crippen molar-refractivity contribution in [3.63, 3.8) is 0 Å². The van der Waals surface area contributed by atoms with Gasteiger partial charge in [-0.2, -0.15) is 0 Å². The van der Waals surface area contributed by atoms with Gasteiger partial charge in [0.05, 0.1) is 0 Å². The molecule has 2 bridgehead atoms. The number of hydrogen-bond donors (Lipinski definition) is 2. The lowest BCUT2D eigenvalue weighted by atomic mass is 9.52. The van der Waals surface area contributed by atoms with E-state index >= 15 is 0 Å². The lowest BCUT2D eigenvalue weighted by Gasteiger charge is -2.56. The lowest BCUT2D eigenvalue weighted by molar-refractivity contribution is 0.0800. The fourth-order valence-corrected chi connectivity index (χ4v) is 5.44. The van der Waals surface area contributed by atoms with Gasteiger partial charge in [0.15, 0.2) is 0 Å². The van der Waals surface area contributed by atoms with Crippen LogP contribution >= 0.6 is 0 Å². The normalized spacial score (nSPS) is 33.2. The van der Waals surface area contributed by atoms with Gasteiger partial charge in [0.25, 0.3) is 0 Å². The molecule has 2 aliphatic carbocycles. The molecule has 22 heavy (non-hydrogen) atoms. The van der Waals surface area contributed by atoms with E-state index in [0.717, 1.165) is 12.5 Å². The van der Waals surface area contributed by atoms with Gasteiger partial charge in [-0.15, -0.1) is 0 Å². The molecule has 1 aliphatic heterocycles. The summed E-state index contributed by atoms with van der Waals surface area (Å²) in [7, 11) is 0. The number of hydrogen-bond acceptors (Lipinski definition) is 2. The van der Waals surface area contributed by atoms with Crippen molar-refractivity contribution < 1.29 is 0 Å². The Labute approximate surface area is 135 Å². The number of anilines is 1. The fraction of sp³-hybridized carbons (Fsp3) is 0.700. The highest BCUT2D eigenvalue weighted by Gasteiger charge is 2.51. The van der Waals surface area contributed by atoms with E-state index in [1.54, 1.807) is 11.1 Å². The topological polar surface area (TPSA) is 24.1 Å². The van der Waals surface area contributed by atoms with Gasteiger partial charge in [0.1, 0.15) is 0 Å². The van der Waals surface area contributed by atoms with E-state index < -0.39 is 0 Å². The van der Waals surface area contributed by atoms with E-state index in [1.165, 1.54) is 50.8 Å². The Morgan fingerprint density at radius 1 is 1.27 bits per heavy atom. The van der Waals surface area contributed by atoms with Crippen LogP contribution in [-0.2, 0) is 11.8 Å². The smallest absolute Gasteiger partial charge is 0.0376 e. The summed E-state index contributed by atoms with van der Waals surface area (Å²) in [5, 5.41) is 7.58. The lowest BCUT2D eigenvalue weighted by Crippen LogP contribution is -2.59. The number of rotatable bonds is 3. The zero-order valence-corrected chi connectivity index (χ0v) is 14.1. The third-order valence-electron chi connectivity index (χ3n) is 6.40. The molecule has 2 nitrogen and oxygen atoms in total. The highest BCUT2D eigenvalue weighted by molar-refractivity contribution is 5.59. The number of benzene rings is 1. The summed E-state index contributed by atoms with van der Waals surface area (Å²) in [5.41, 5.74) is 5.21. The molecule has 1 aromatic carbocycles. The van der Waals surface area contributed by atoms with Crippen LogP contribution in [0.4, 0.5) is 5.69 Å². The molecule has 0 spiro atoms. The van der Waals surface area contributed by atoms with E-state index in [1.807, 2.05) is 0 Å². The Hall–Kier alpha value is -1.02. The van der Waals surface area contributed by atoms with Crippen molar-refractivity contribution in [2.24, 2.45) is 11.8 Å². The highest BCUT2D eigenvalue weighted by atomic mass is 15.0. The average molecular weight is 298 g/mol. The minimum absolute atomic E-state index is 0.483. The fourth-order valence-electron chi connectivity index (χ4n) is 5.44. The van der Waals surface area contributed by atoms with Crippen molar-refractivity contribution in [3.8, 4) is 0 Å². The molecule has 4 rings (SSSR count). The molecule has 1 aromatic rings. The monoisotopic (exact) mass is 298 g/mol. The number of fused-ring (bicyclic) bond motifs is 1. The standard InChI is InChI=1S/C20H30N2/c1-14(2)13-22-18-8-5-7-16-15(18)12-19-17-6-3-4-9-20(16,17)10-11-21-19/h5,7-8,14,17,19,21-22H,3-4,6,9-13H2,1-2H3/t17-,19+,20-/m0/s1. The first-order valence-corrected chi connectivity index (χ1v) is 9.30. The maximum Gasteiger partial charge on any atom is 0.0376 e. The van der Waals surface area contributed by atoms with Crippen LogP contribution in [0, 0.1) is 11.8 Å². The minimum atomic E-state index is 0.483. The molecule has 2 fully saturated rings. The zero-order valence-electron chi connectivity index (χ0n) is 14.1. The molecule has 1 saturated carbocycles. The zero-order chi connectivity index (χ0) is 15.2. The molecule has 0 aromatic heterocycles. The summed E-state index contributed by atoms with van der Waals surface area (Å²) >= 11 is 0.